The quantitative estimate of drug-likeness (QED) is 0.472. The highest BCUT2D eigenvalue weighted by Crippen LogP contribution is 2.36. The van der Waals surface area contributed by atoms with Crippen LogP contribution in [0, 0.1) is 5.92 Å². The Hall–Kier alpha value is -2.40. The van der Waals surface area contributed by atoms with E-state index in [1.165, 1.54) is 0 Å². The molecule has 37 heavy (non-hydrogen) atoms. The molecule has 1 aromatic heterocycles. The summed E-state index contributed by atoms with van der Waals surface area (Å²) in [5.74, 6) is 0.316. The average molecular weight is 517 g/mol. The first kappa shape index (κ1) is 29.2. The fourth-order valence-corrected chi connectivity index (χ4v) is 4.34. The van der Waals surface area contributed by atoms with E-state index in [9.17, 15) is 9.59 Å². The summed E-state index contributed by atoms with van der Waals surface area (Å²) in [6.07, 6.45) is 6.30. The molecule has 1 aliphatic carbocycles. The van der Waals surface area contributed by atoms with Gasteiger partial charge in [0.1, 0.15) is 11.6 Å². The highest BCUT2D eigenvalue weighted by Gasteiger charge is 2.52. The summed E-state index contributed by atoms with van der Waals surface area (Å²) in [7, 11) is -0.488. The molecule has 1 aromatic rings. The molecule has 1 aliphatic heterocycles. The summed E-state index contributed by atoms with van der Waals surface area (Å²) in [5.41, 5.74) is -0.660. The number of hydrogen-bond acceptors (Lipinski definition) is 8. The fraction of sp³-hybridized carbons (Fsp3) is 0.769. The van der Waals surface area contributed by atoms with E-state index in [1.807, 2.05) is 41.5 Å². The Labute approximate surface area is 221 Å². The van der Waals surface area contributed by atoms with E-state index < -0.39 is 36.1 Å². The van der Waals surface area contributed by atoms with Crippen LogP contribution in [0.15, 0.2) is 12.4 Å². The Balaban J connectivity index is 1.46. The molecule has 10 nitrogen and oxygen atoms in total. The molecule has 2 fully saturated rings. The van der Waals surface area contributed by atoms with Crippen LogP contribution in [0.1, 0.15) is 88.0 Å². The van der Waals surface area contributed by atoms with Gasteiger partial charge in [-0.15, -0.1) is 0 Å². The molecule has 3 rings (SSSR count). The lowest BCUT2D eigenvalue weighted by Gasteiger charge is -2.32. The number of aromatic nitrogens is 2. The standard InChI is InChI=1S/C26H44BN5O5/c1-16(2)20(32-23(34)35-24(3,4)5)21(33)30-18-10-12-19(13-11-18)31-22-28-14-17(15-29-22)27-36-25(6,7)26(8,9)37-27/h14-16,18-20H,10-13H2,1-9H3,(H,30,33)(H,32,34)(H,28,29,31)/t18?,19?,20-/m0/s1. The van der Waals surface area contributed by atoms with E-state index in [1.54, 1.807) is 33.2 Å². The molecule has 1 saturated carbocycles. The van der Waals surface area contributed by atoms with Crippen LogP contribution in [0.3, 0.4) is 0 Å². The lowest BCUT2D eigenvalue weighted by molar-refractivity contribution is -0.125. The molecule has 2 heterocycles. The van der Waals surface area contributed by atoms with Gasteiger partial charge in [0.15, 0.2) is 0 Å². The molecule has 0 aromatic carbocycles. The van der Waals surface area contributed by atoms with Crippen LogP contribution in [-0.4, -0.2) is 64.0 Å². The van der Waals surface area contributed by atoms with Crippen LogP contribution in [0.5, 0.6) is 0 Å². The lowest BCUT2D eigenvalue weighted by Crippen LogP contribution is -2.53. The summed E-state index contributed by atoms with van der Waals surface area (Å²) in [6.45, 7) is 17.3. The Morgan fingerprint density at radius 3 is 2.00 bits per heavy atom. The largest absolute Gasteiger partial charge is 0.498 e. The zero-order valence-electron chi connectivity index (χ0n) is 23.8. The van der Waals surface area contributed by atoms with E-state index in [0.29, 0.717) is 5.95 Å². The number of carbonyl (C=O) groups is 2. The maximum atomic E-state index is 12.9. The number of anilines is 1. The predicted octanol–water partition coefficient (Wildman–Crippen LogP) is 3.16. The highest BCUT2D eigenvalue weighted by atomic mass is 16.7. The number of ether oxygens (including phenoxy) is 1. The fourth-order valence-electron chi connectivity index (χ4n) is 4.34. The van der Waals surface area contributed by atoms with Crippen molar-refractivity contribution < 1.29 is 23.6 Å². The number of alkyl carbamates (subject to hydrolysis) is 1. The molecule has 1 atom stereocenters. The molecular weight excluding hydrogens is 473 g/mol. The smallest absolute Gasteiger partial charge is 0.444 e. The monoisotopic (exact) mass is 517 g/mol. The average Bonchev–Trinajstić information content (AvgIpc) is 2.99. The van der Waals surface area contributed by atoms with Gasteiger partial charge in [0.25, 0.3) is 0 Å². The van der Waals surface area contributed by atoms with Crippen molar-refractivity contribution in [1.29, 1.82) is 0 Å². The first-order valence-corrected chi connectivity index (χ1v) is 13.3. The third-order valence-electron chi connectivity index (χ3n) is 7.23. The van der Waals surface area contributed by atoms with Crippen LogP contribution >= 0.6 is 0 Å². The molecule has 0 unspecified atom stereocenters. The van der Waals surface area contributed by atoms with Crippen molar-refractivity contribution in [2.24, 2.45) is 5.92 Å². The Morgan fingerprint density at radius 1 is 1.00 bits per heavy atom. The van der Waals surface area contributed by atoms with Gasteiger partial charge in [0, 0.05) is 29.9 Å². The zero-order chi connectivity index (χ0) is 27.6. The van der Waals surface area contributed by atoms with Crippen molar-refractivity contribution in [2.75, 3.05) is 5.32 Å². The molecule has 0 radical (unpaired) electrons. The van der Waals surface area contributed by atoms with E-state index in [-0.39, 0.29) is 23.9 Å². The van der Waals surface area contributed by atoms with Crippen molar-refractivity contribution in [3.63, 3.8) is 0 Å². The Bertz CT molecular complexity index is 924. The molecule has 2 aliphatic rings. The zero-order valence-corrected chi connectivity index (χ0v) is 23.8. The van der Waals surface area contributed by atoms with Gasteiger partial charge in [-0.2, -0.15) is 0 Å². The van der Waals surface area contributed by atoms with Gasteiger partial charge in [-0.05, 0) is 80.1 Å². The maximum absolute atomic E-state index is 12.9. The second-order valence-corrected chi connectivity index (χ2v) is 12.5. The van der Waals surface area contributed by atoms with Gasteiger partial charge in [-0.1, -0.05) is 13.8 Å². The molecular formula is C26H44BN5O5. The minimum atomic E-state index is -0.651. The van der Waals surface area contributed by atoms with Gasteiger partial charge in [0.05, 0.1) is 11.2 Å². The first-order valence-electron chi connectivity index (χ1n) is 13.3. The van der Waals surface area contributed by atoms with Crippen molar-refractivity contribution in [1.82, 2.24) is 20.6 Å². The Morgan fingerprint density at radius 2 is 1.51 bits per heavy atom. The third kappa shape index (κ3) is 7.80. The highest BCUT2D eigenvalue weighted by molar-refractivity contribution is 6.61. The van der Waals surface area contributed by atoms with Crippen LogP contribution in [0.4, 0.5) is 10.7 Å². The van der Waals surface area contributed by atoms with E-state index in [4.69, 9.17) is 14.0 Å². The summed E-state index contributed by atoms with van der Waals surface area (Å²) >= 11 is 0. The van der Waals surface area contributed by atoms with Gasteiger partial charge >= 0.3 is 13.2 Å². The molecule has 0 bridgehead atoms. The summed E-state index contributed by atoms with van der Waals surface area (Å²) < 4.78 is 17.5. The van der Waals surface area contributed by atoms with Crippen LogP contribution < -0.4 is 21.4 Å². The van der Waals surface area contributed by atoms with E-state index in [2.05, 4.69) is 25.9 Å². The van der Waals surface area contributed by atoms with Crippen molar-refractivity contribution in [2.45, 2.75) is 123 Å². The molecule has 1 saturated heterocycles. The first-order chi connectivity index (χ1) is 17.1. The topological polar surface area (TPSA) is 124 Å². The molecule has 206 valence electrons. The summed E-state index contributed by atoms with van der Waals surface area (Å²) in [6, 6.07) is -0.378. The van der Waals surface area contributed by atoms with Crippen molar-refractivity contribution in [3.05, 3.63) is 12.4 Å². The summed E-state index contributed by atoms with van der Waals surface area (Å²) in [5, 5.41) is 9.23. The van der Waals surface area contributed by atoms with Crippen LogP contribution in [0.2, 0.25) is 0 Å². The van der Waals surface area contributed by atoms with Crippen molar-refractivity contribution in [3.8, 4) is 0 Å². The van der Waals surface area contributed by atoms with Gasteiger partial charge in [-0.25, -0.2) is 14.8 Å². The minimum absolute atomic E-state index is 0.0545. The molecule has 0 spiro atoms. The number of carbonyl (C=O) groups excluding carboxylic acids is 2. The Kier molecular flexibility index (Phi) is 8.79. The number of nitrogens with one attached hydrogen (secondary N) is 3. The van der Waals surface area contributed by atoms with Crippen LogP contribution in [0.25, 0.3) is 0 Å². The second-order valence-electron chi connectivity index (χ2n) is 12.5. The normalized spacial score (nSPS) is 23.9. The minimum Gasteiger partial charge on any atom is -0.444 e. The summed E-state index contributed by atoms with van der Waals surface area (Å²) in [4.78, 5) is 34.0. The number of rotatable bonds is 7. The molecule has 3 N–H and O–H groups in total. The SMILES string of the molecule is CC(C)[C@H](NC(=O)OC(C)(C)C)C(=O)NC1CCC(Nc2ncc(B3OC(C)(C)C(C)(C)O3)cn2)CC1. The second kappa shape index (κ2) is 11.1. The van der Waals surface area contributed by atoms with Gasteiger partial charge in [-0.3, -0.25) is 4.79 Å². The molecule has 11 heteroatoms. The van der Waals surface area contributed by atoms with E-state index in [0.717, 1.165) is 31.1 Å². The number of hydrogen-bond donors (Lipinski definition) is 3. The van der Waals surface area contributed by atoms with Gasteiger partial charge in [0.2, 0.25) is 11.9 Å². The maximum Gasteiger partial charge on any atom is 0.498 e. The molecule has 2 amide bonds. The van der Waals surface area contributed by atoms with Crippen molar-refractivity contribution >= 4 is 30.5 Å². The van der Waals surface area contributed by atoms with Gasteiger partial charge < -0.3 is 30.0 Å². The van der Waals surface area contributed by atoms with Crippen LogP contribution in [-0.2, 0) is 18.8 Å². The lowest BCUT2D eigenvalue weighted by atomic mass is 9.81. The third-order valence-corrected chi connectivity index (χ3v) is 7.23. The number of nitrogens with zero attached hydrogens (tertiary/aromatic N) is 2. The number of amides is 2. The van der Waals surface area contributed by atoms with E-state index >= 15 is 0 Å². The predicted molar refractivity (Wildman–Crippen MR) is 144 cm³/mol.